The van der Waals surface area contributed by atoms with Gasteiger partial charge >= 0.3 is 0 Å². The van der Waals surface area contributed by atoms with Crippen molar-refractivity contribution in [1.82, 2.24) is 9.97 Å². The van der Waals surface area contributed by atoms with Gasteiger partial charge in [0.05, 0.1) is 11.9 Å². The summed E-state index contributed by atoms with van der Waals surface area (Å²) >= 11 is 4.55. The fourth-order valence-corrected chi connectivity index (χ4v) is 1.78. The Bertz CT molecular complexity index is 555. The minimum absolute atomic E-state index is 0.257. The number of aromatic nitrogens is 3. The van der Waals surface area contributed by atoms with Crippen LogP contribution in [0.3, 0.4) is 0 Å². The molecule has 0 aliphatic rings. The van der Waals surface area contributed by atoms with Crippen molar-refractivity contribution < 1.29 is 4.57 Å². The molecule has 0 atom stereocenters. The molecular formula is C16H26N5S+. The van der Waals surface area contributed by atoms with Crippen LogP contribution in [0.25, 0.3) is 11.3 Å². The van der Waals surface area contributed by atoms with Gasteiger partial charge in [-0.2, -0.15) is 4.36 Å². The summed E-state index contributed by atoms with van der Waals surface area (Å²) in [5, 5.41) is 0. The van der Waals surface area contributed by atoms with Crippen molar-refractivity contribution in [1.29, 1.82) is 0 Å². The van der Waals surface area contributed by atoms with Crippen molar-refractivity contribution in [2.75, 3.05) is 5.73 Å². The van der Waals surface area contributed by atoms with Gasteiger partial charge in [0.15, 0.2) is 18.2 Å². The number of hydrogen-bond donors (Lipinski definition) is 1. The van der Waals surface area contributed by atoms with E-state index in [2.05, 4.69) is 38.2 Å². The van der Waals surface area contributed by atoms with Crippen LogP contribution in [0.2, 0.25) is 0 Å². The lowest BCUT2D eigenvalue weighted by molar-refractivity contribution is -0.696. The van der Waals surface area contributed by atoms with E-state index in [0.29, 0.717) is 5.82 Å². The first kappa shape index (κ1) is 20.1. The largest absolute Gasteiger partial charge is 0.381 e. The van der Waals surface area contributed by atoms with E-state index < -0.39 is 0 Å². The highest BCUT2D eigenvalue weighted by Gasteiger charge is 2.07. The molecule has 5 nitrogen and oxygen atoms in total. The summed E-state index contributed by atoms with van der Waals surface area (Å²) in [5.74, 6) is 0.554. The third-order valence-corrected chi connectivity index (χ3v) is 2.71. The number of anilines is 1. The molecule has 0 aromatic carbocycles. The van der Waals surface area contributed by atoms with Crippen LogP contribution in [-0.2, 0) is 19.0 Å². The molecule has 0 saturated carbocycles. The molecule has 0 fully saturated rings. The fourth-order valence-electron chi connectivity index (χ4n) is 1.64. The van der Waals surface area contributed by atoms with Crippen molar-refractivity contribution in [3.8, 4) is 11.3 Å². The van der Waals surface area contributed by atoms with E-state index in [-0.39, 0.29) is 5.82 Å². The van der Waals surface area contributed by atoms with Crippen LogP contribution in [0.5, 0.6) is 0 Å². The van der Waals surface area contributed by atoms with Gasteiger partial charge in [0, 0.05) is 36.5 Å². The molecule has 22 heavy (non-hydrogen) atoms. The van der Waals surface area contributed by atoms with Gasteiger partial charge in [0.1, 0.15) is 6.54 Å². The molecule has 0 spiro atoms. The minimum atomic E-state index is 0.257. The van der Waals surface area contributed by atoms with Gasteiger partial charge in [-0.25, -0.2) is 14.5 Å². The van der Waals surface area contributed by atoms with E-state index in [0.717, 1.165) is 24.2 Å². The zero-order valence-electron chi connectivity index (χ0n) is 14.1. The second-order valence-corrected chi connectivity index (χ2v) is 4.06. The molecule has 120 valence electrons. The maximum absolute atomic E-state index is 5.71. The molecule has 2 aromatic heterocycles. The Labute approximate surface area is 138 Å². The normalized spacial score (nSPS) is 8.95. The van der Waals surface area contributed by atoms with Crippen LogP contribution in [0, 0.1) is 0 Å². The zero-order valence-corrected chi connectivity index (χ0v) is 14.9. The molecule has 0 radical (unpaired) electrons. The third kappa shape index (κ3) is 5.81. The van der Waals surface area contributed by atoms with Gasteiger partial charge in [-0.1, -0.05) is 34.6 Å². The lowest BCUT2D eigenvalue weighted by atomic mass is 10.2. The van der Waals surface area contributed by atoms with Crippen LogP contribution in [0.1, 0.15) is 41.0 Å². The lowest BCUT2D eigenvalue weighted by Crippen LogP contribution is -2.31. The Kier molecular flexibility index (Phi) is 10.6. The first-order valence-corrected chi connectivity index (χ1v) is 8.06. The topological polar surface area (TPSA) is 68.0 Å². The predicted octanol–water partition coefficient (Wildman–Crippen LogP) is 3.84. The van der Waals surface area contributed by atoms with E-state index >= 15 is 0 Å². The maximum atomic E-state index is 5.71. The molecule has 0 unspecified atom stereocenters. The van der Waals surface area contributed by atoms with Crippen LogP contribution in [-0.4, -0.2) is 9.97 Å². The van der Waals surface area contributed by atoms with E-state index in [1.165, 1.54) is 0 Å². The summed E-state index contributed by atoms with van der Waals surface area (Å²) in [5.41, 5.74) is 7.40. The Balaban J connectivity index is 0.00000102. The van der Waals surface area contributed by atoms with E-state index in [9.17, 15) is 0 Å². The third-order valence-electron chi connectivity index (χ3n) is 2.53. The van der Waals surface area contributed by atoms with Crippen LogP contribution in [0.4, 0.5) is 11.6 Å². The quantitative estimate of drug-likeness (QED) is 0.869. The van der Waals surface area contributed by atoms with Gasteiger partial charge in [-0.05, 0) is 0 Å². The number of aryl methyl sites for hydroxylation is 1. The first-order valence-electron chi connectivity index (χ1n) is 7.70. The second kappa shape index (κ2) is 11.7. The van der Waals surface area contributed by atoms with E-state index in [1.54, 1.807) is 6.20 Å². The van der Waals surface area contributed by atoms with Gasteiger partial charge < -0.3 is 5.73 Å². The Hall–Kier alpha value is -1.95. The Morgan fingerprint density at radius 3 is 2.23 bits per heavy atom. The summed E-state index contributed by atoms with van der Waals surface area (Å²) in [4.78, 5) is 8.30. The average Bonchev–Trinajstić information content (AvgIpc) is 2.59. The van der Waals surface area contributed by atoms with Crippen molar-refractivity contribution >= 4 is 24.1 Å². The minimum Gasteiger partial charge on any atom is -0.381 e. The molecule has 0 bridgehead atoms. The van der Waals surface area contributed by atoms with Crippen molar-refractivity contribution in [2.45, 2.75) is 47.6 Å². The highest BCUT2D eigenvalue weighted by atomic mass is 32.1. The van der Waals surface area contributed by atoms with Gasteiger partial charge in [-0.15, -0.1) is 0 Å². The van der Waals surface area contributed by atoms with Crippen molar-refractivity contribution in [3.05, 3.63) is 30.7 Å². The molecule has 2 aromatic rings. The van der Waals surface area contributed by atoms with Gasteiger partial charge in [0.25, 0.3) is 0 Å². The molecule has 2 N–H and O–H groups in total. The molecule has 0 aliphatic heterocycles. The monoisotopic (exact) mass is 320 g/mol. The number of pyridine rings is 1. The summed E-state index contributed by atoms with van der Waals surface area (Å²) in [6.45, 7) is 11.1. The molecule has 0 amide bonds. The summed E-state index contributed by atoms with van der Waals surface area (Å²) in [6.07, 6.45) is 6.76. The second-order valence-electron chi connectivity index (χ2n) is 3.88. The van der Waals surface area contributed by atoms with E-state index in [4.69, 9.17) is 5.73 Å². The van der Waals surface area contributed by atoms with Crippen LogP contribution < -0.4 is 10.3 Å². The lowest BCUT2D eigenvalue weighted by Gasteiger charge is -2.02. The number of nitrogen functional groups attached to an aromatic ring is 1. The van der Waals surface area contributed by atoms with E-state index in [1.807, 2.05) is 52.2 Å². The zero-order chi connectivity index (χ0) is 17.0. The first-order chi connectivity index (χ1) is 10.7. The predicted molar refractivity (Wildman–Crippen MR) is 94.5 cm³/mol. The highest BCUT2D eigenvalue weighted by Crippen LogP contribution is 2.21. The Morgan fingerprint density at radius 2 is 1.77 bits per heavy atom. The van der Waals surface area contributed by atoms with Gasteiger partial charge in [0.2, 0.25) is 5.82 Å². The molecule has 0 saturated heterocycles. The van der Waals surface area contributed by atoms with Gasteiger partial charge in [-0.3, -0.25) is 0 Å². The SMILES string of the molecule is CC.CC.CCC[n+]1ccc(-c2cnc(N=S)c(N)n2)cc1. The van der Waals surface area contributed by atoms with Crippen molar-refractivity contribution in [3.63, 3.8) is 0 Å². The number of hydrogen-bond acceptors (Lipinski definition) is 5. The van der Waals surface area contributed by atoms with Crippen molar-refractivity contribution in [2.24, 2.45) is 4.36 Å². The average molecular weight is 320 g/mol. The smallest absolute Gasteiger partial charge is 0.208 e. The highest BCUT2D eigenvalue weighted by molar-refractivity contribution is 7.47. The molecule has 2 rings (SSSR count). The maximum Gasteiger partial charge on any atom is 0.208 e. The molecule has 2 heterocycles. The standard InChI is InChI=1S/C12H13N5S.2C2H6/c1-2-5-17-6-3-9(4-7-17)10-8-14-12(16-18)11(13)15-10;2*1-2/h3-4,6-8H,2,5H2,1H3,(H-,13,15,18);2*1-2H3/p+1. The van der Waals surface area contributed by atoms with Crippen LogP contribution in [0.15, 0.2) is 35.1 Å². The Morgan fingerprint density at radius 1 is 1.18 bits per heavy atom. The summed E-state index contributed by atoms with van der Waals surface area (Å²) in [6, 6.07) is 3.98. The molecular weight excluding hydrogens is 294 g/mol. The number of rotatable bonds is 4. The number of nitrogens with zero attached hydrogens (tertiary/aromatic N) is 4. The number of nitrogens with two attached hydrogens (primary N) is 1. The van der Waals surface area contributed by atoms with Crippen LogP contribution >= 0.6 is 0 Å². The summed E-state index contributed by atoms with van der Waals surface area (Å²) in [7, 11) is 0. The summed E-state index contributed by atoms with van der Waals surface area (Å²) < 4.78 is 5.64. The molecule has 0 aliphatic carbocycles. The fraction of sp³-hybridized carbons (Fsp3) is 0.438. The molecule has 6 heteroatoms.